The summed E-state index contributed by atoms with van der Waals surface area (Å²) < 4.78 is 30.0. The molecule has 0 spiro atoms. The summed E-state index contributed by atoms with van der Waals surface area (Å²) in [6.45, 7) is 0.216. The van der Waals surface area contributed by atoms with E-state index in [1.54, 1.807) is 18.2 Å². The van der Waals surface area contributed by atoms with Gasteiger partial charge in [0.1, 0.15) is 24.1 Å². The summed E-state index contributed by atoms with van der Waals surface area (Å²) in [5.74, 6) is 0.792. The fourth-order valence-corrected chi connectivity index (χ4v) is 2.76. The Morgan fingerprint density at radius 1 is 1.24 bits per heavy atom. The zero-order chi connectivity index (χ0) is 17.4. The van der Waals surface area contributed by atoms with Gasteiger partial charge in [0.05, 0.1) is 0 Å². The number of aromatic nitrogens is 1. The number of rotatable bonds is 3. The number of nitriles is 1. The summed E-state index contributed by atoms with van der Waals surface area (Å²) in [5, 5.41) is 9.81. The van der Waals surface area contributed by atoms with E-state index in [0.29, 0.717) is 22.3 Å². The lowest BCUT2D eigenvalue weighted by molar-refractivity contribution is 0.171. The quantitative estimate of drug-likeness (QED) is 0.794. The molecule has 2 aromatic carbocycles. The maximum Gasteiger partial charge on any atom is 0.269 e. The number of H-pyrrole nitrogens is 1. The van der Waals surface area contributed by atoms with Crippen molar-refractivity contribution in [3.05, 3.63) is 63.7 Å². The first-order valence-electron chi connectivity index (χ1n) is 7.43. The van der Waals surface area contributed by atoms with Gasteiger partial charge in [-0.1, -0.05) is 12.1 Å². The number of benzene rings is 2. The third-order valence-electron chi connectivity index (χ3n) is 3.91. The average Bonchev–Trinajstić information content (AvgIpc) is 3.09. The Morgan fingerprint density at radius 2 is 2.12 bits per heavy atom. The third-order valence-corrected chi connectivity index (χ3v) is 3.91. The van der Waals surface area contributed by atoms with E-state index in [2.05, 4.69) is 4.98 Å². The highest BCUT2D eigenvalue weighted by Crippen LogP contribution is 2.36. The van der Waals surface area contributed by atoms with Crippen LogP contribution in [-0.4, -0.2) is 11.8 Å². The molecule has 2 heterocycles. The zero-order valence-electron chi connectivity index (χ0n) is 12.8. The number of pyridine rings is 1. The molecule has 1 aliphatic rings. The molecule has 0 bridgehead atoms. The van der Waals surface area contributed by atoms with Gasteiger partial charge in [-0.25, -0.2) is 4.39 Å². The summed E-state index contributed by atoms with van der Waals surface area (Å²) in [6, 6.07) is 11.0. The van der Waals surface area contributed by atoms with Gasteiger partial charge in [0, 0.05) is 16.3 Å². The number of para-hydroxylation sites is 1. The second kappa shape index (κ2) is 5.83. The highest BCUT2D eigenvalue weighted by Gasteiger charge is 2.18. The van der Waals surface area contributed by atoms with Crippen LogP contribution in [0.5, 0.6) is 17.4 Å². The minimum Gasteiger partial charge on any atom is -0.473 e. The van der Waals surface area contributed by atoms with E-state index in [-0.39, 0.29) is 24.8 Å². The molecule has 3 aromatic rings. The van der Waals surface area contributed by atoms with Crippen LogP contribution in [0.4, 0.5) is 4.39 Å². The molecule has 0 atom stereocenters. The van der Waals surface area contributed by atoms with Crippen molar-refractivity contribution in [2.24, 2.45) is 0 Å². The van der Waals surface area contributed by atoms with Gasteiger partial charge in [-0.05, 0) is 24.3 Å². The molecular formula is C18H11FN2O4. The maximum atomic E-state index is 13.6. The van der Waals surface area contributed by atoms with Gasteiger partial charge >= 0.3 is 0 Å². The molecule has 1 aromatic heterocycles. The molecule has 0 amide bonds. The van der Waals surface area contributed by atoms with E-state index in [9.17, 15) is 9.18 Å². The van der Waals surface area contributed by atoms with Crippen LogP contribution in [0, 0.1) is 17.1 Å². The van der Waals surface area contributed by atoms with E-state index >= 15 is 0 Å². The summed E-state index contributed by atoms with van der Waals surface area (Å²) in [5.41, 5.74) is 0.0546. The largest absolute Gasteiger partial charge is 0.473 e. The van der Waals surface area contributed by atoms with E-state index in [1.807, 2.05) is 6.07 Å². The summed E-state index contributed by atoms with van der Waals surface area (Å²) in [7, 11) is 0. The van der Waals surface area contributed by atoms with Crippen LogP contribution < -0.4 is 19.8 Å². The number of aromatic amines is 1. The molecule has 0 unspecified atom stereocenters. The van der Waals surface area contributed by atoms with Crippen molar-refractivity contribution in [2.45, 2.75) is 6.61 Å². The molecule has 4 rings (SSSR count). The Kier molecular flexibility index (Phi) is 3.51. The number of nitrogens with zero attached hydrogens (tertiary/aromatic N) is 1. The fraction of sp³-hybridized carbons (Fsp3) is 0.111. The van der Waals surface area contributed by atoms with Crippen molar-refractivity contribution in [1.29, 1.82) is 5.26 Å². The Morgan fingerprint density at radius 3 is 2.96 bits per heavy atom. The average molecular weight is 338 g/mol. The van der Waals surface area contributed by atoms with Crippen molar-refractivity contribution in [2.75, 3.05) is 6.79 Å². The number of hydrogen-bond acceptors (Lipinski definition) is 5. The first kappa shape index (κ1) is 15.0. The normalized spacial score (nSPS) is 12.2. The lowest BCUT2D eigenvalue weighted by Gasteiger charge is -2.11. The number of nitrogens with one attached hydrogen (secondary N) is 1. The van der Waals surface area contributed by atoms with Gasteiger partial charge < -0.3 is 14.2 Å². The first-order valence-corrected chi connectivity index (χ1v) is 7.43. The van der Waals surface area contributed by atoms with Gasteiger partial charge in [0.25, 0.3) is 5.56 Å². The standard InChI is InChI=1S/C18H11FN2O4/c19-11-4-5-12-13(6-11)18(21-17(22)14(12)7-20)23-8-10-2-1-3-15-16(10)25-9-24-15/h1-6H,8-9H2,(H,21,22). The molecule has 0 saturated carbocycles. The van der Waals surface area contributed by atoms with Crippen LogP contribution in [0.25, 0.3) is 10.8 Å². The molecular weight excluding hydrogens is 327 g/mol. The van der Waals surface area contributed by atoms with E-state index in [4.69, 9.17) is 19.5 Å². The van der Waals surface area contributed by atoms with Crippen LogP contribution in [-0.2, 0) is 6.61 Å². The van der Waals surface area contributed by atoms with Crippen molar-refractivity contribution in [3.8, 4) is 23.4 Å². The molecule has 25 heavy (non-hydrogen) atoms. The summed E-state index contributed by atoms with van der Waals surface area (Å²) >= 11 is 0. The second-order valence-corrected chi connectivity index (χ2v) is 5.40. The topological polar surface area (TPSA) is 84.3 Å². The predicted molar refractivity (Wildman–Crippen MR) is 86.1 cm³/mol. The van der Waals surface area contributed by atoms with Gasteiger partial charge in [-0.2, -0.15) is 5.26 Å². The van der Waals surface area contributed by atoms with Crippen LogP contribution in [0.3, 0.4) is 0 Å². The van der Waals surface area contributed by atoms with Crippen LogP contribution in [0.2, 0.25) is 0 Å². The molecule has 0 fully saturated rings. The molecule has 6 nitrogen and oxygen atoms in total. The third kappa shape index (κ3) is 2.54. The number of halogens is 1. The molecule has 0 saturated heterocycles. The maximum absolute atomic E-state index is 13.6. The minimum absolute atomic E-state index is 0.0833. The molecule has 1 aliphatic heterocycles. The molecule has 0 radical (unpaired) electrons. The van der Waals surface area contributed by atoms with E-state index in [1.165, 1.54) is 18.2 Å². The highest BCUT2D eigenvalue weighted by molar-refractivity contribution is 5.91. The smallest absolute Gasteiger partial charge is 0.269 e. The Hall–Kier alpha value is -3.53. The summed E-state index contributed by atoms with van der Waals surface area (Å²) in [6.07, 6.45) is 0. The molecule has 124 valence electrons. The lowest BCUT2D eigenvalue weighted by atomic mass is 10.1. The molecule has 7 heteroatoms. The van der Waals surface area contributed by atoms with Gasteiger partial charge in [0.15, 0.2) is 11.5 Å². The number of ether oxygens (including phenoxy) is 3. The van der Waals surface area contributed by atoms with Crippen LogP contribution >= 0.6 is 0 Å². The zero-order valence-corrected chi connectivity index (χ0v) is 12.8. The number of fused-ring (bicyclic) bond motifs is 2. The lowest BCUT2D eigenvalue weighted by Crippen LogP contribution is -2.13. The monoisotopic (exact) mass is 338 g/mol. The molecule has 1 N–H and O–H groups in total. The SMILES string of the molecule is N#Cc1c(=O)[nH]c(OCc2cccc3c2OCO3)c2cc(F)ccc12. The minimum atomic E-state index is -0.588. The Labute approximate surface area is 141 Å². The van der Waals surface area contributed by atoms with Crippen molar-refractivity contribution in [3.63, 3.8) is 0 Å². The second-order valence-electron chi connectivity index (χ2n) is 5.40. The van der Waals surface area contributed by atoms with Crippen molar-refractivity contribution in [1.82, 2.24) is 4.98 Å². The summed E-state index contributed by atoms with van der Waals surface area (Å²) in [4.78, 5) is 14.6. The van der Waals surface area contributed by atoms with Gasteiger partial charge in [0.2, 0.25) is 12.7 Å². The van der Waals surface area contributed by atoms with Gasteiger partial charge in [-0.3, -0.25) is 9.78 Å². The van der Waals surface area contributed by atoms with E-state index < -0.39 is 11.4 Å². The van der Waals surface area contributed by atoms with Crippen molar-refractivity contribution >= 4 is 10.8 Å². The number of hydrogen-bond donors (Lipinski definition) is 1. The highest BCUT2D eigenvalue weighted by atomic mass is 19.1. The Balaban J connectivity index is 1.75. The predicted octanol–water partition coefficient (Wildman–Crippen LogP) is 2.85. The Bertz CT molecular complexity index is 1080. The van der Waals surface area contributed by atoms with Crippen LogP contribution in [0.15, 0.2) is 41.2 Å². The molecule has 0 aliphatic carbocycles. The fourth-order valence-electron chi connectivity index (χ4n) is 2.76. The van der Waals surface area contributed by atoms with Crippen molar-refractivity contribution < 1.29 is 18.6 Å². The first-order chi connectivity index (χ1) is 12.2. The van der Waals surface area contributed by atoms with Crippen LogP contribution in [0.1, 0.15) is 11.1 Å². The van der Waals surface area contributed by atoms with Gasteiger partial charge in [-0.15, -0.1) is 0 Å². The van der Waals surface area contributed by atoms with E-state index in [0.717, 1.165) is 5.56 Å².